The number of ketones is 1. The van der Waals surface area contributed by atoms with E-state index in [-0.39, 0.29) is 5.78 Å². The van der Waals surface area contributed by atoms with Crippen molar-refractivity contribution in [2.24, 2.45) is 0 Å². The number of benzene rings is 2. The van der Waals surface area contributed by atoms with Crippen LogP contribution in [0.5, 0.6) is 0 Å². The number of para-hydroxylation sites is 1. The smallest absolute Gasteiger partial charge is 0.196 e. The summed E-state index contributed by atoms with van der Waals surface area (Å²) in [4.78, 5) is 22.1. The van der Waals surface area contributed by atoms with Gasteiger partial charge in [-0.1, -0.05) is 48.5 Å². The third kappa shape index (κ3) is 3.25. The minimum atomic E-state index is -0.0506. The first-order chi connectivity index (χ1) is 12.3. The molecule has 0 aliphatic carbocycles. The van der Waals surface area contributed by atoms with E-state index in [1.165, 1.54) is 11.3 Å². The maximum atomic E-state index is 13.1. The molecule has 4 heteroatoms. The largest absolute Gasteiger partial charge is 0.288 e. The average molecular weight is 342 g/mol. The Kier molecular flexibility index (Phi) is 4.19. The molecule has 4 rings (SSSR count). The Balaban J connectivity index is 1.86. The van der Waals surface area contributed by atoms with Crippen molar-refractivity contribution in [3.8, 4) is 0 Å². The standard InChI is InChI=1S/C21H14N2OS/c24-20(15-8-2-1-3-9-15)17(14-16-10-6-7-13-22-16)21-23-18-11-4-5-12-19(18)25-21/h1-14H/b17-14-. The van der Waals surface area contributed by atoms with Gasteiger partial charge in [0, 0.05) is 11.8 Å². The second-order valence-electron chi connectivity index (χ2n) is 5.49. The molecule has 0 spiro atoms. The van der Waals surface area contributed by atoms with E-state index in [9.17, 15) is 4.79 Å². The third-order valence-corrected chi connectivity index (χ3v) is 4.85. The number of carbonyl (C=O) groups is 1. The Bertz CT molecular complexity index is 1020. The van der Waals surface area contributed by atoms with Crippen LogP contribution in [0.25, 0.3) is 21.9 Å². The first-order valence-electron chi connectivity index (χ1n) is 7.90. The maximum absolute atomic E-state index is 13.1. The second kappa shape index (κ2) is 6.79. The quantitative estimate of drug-likeness (QED) is 0.382. The molecule has 4 aromatic rings. The number of fused-ring (bicyclic) bond motifs is 1. The lowest BCUT2D eigenvalue weighted by Crippen LogP contribution is -2.02. The first-order valence-corrected chi connectivity index (χ1v) is 8.71. The Morgan fingerprint density at radius 3 is 2.40 bits per heavy atom. The summed E-state index contributed by atoms with van der Waals surface area (Å²) in [5, 5.41) is 0.709. The van der Waals surface area contributed by atoms with Gasteiger partial charge < -0.3 is 0 Å². The van der Waals surface area contributed by atoms with Crippen LogP contribution in [-0.2, 0) is 0 Å². The van der Waals surface area contributed by atoms with E-state index in [1.807, 2.05) is 78.9 Å². The van der Waals surface area contributed by atoms with Gasteiger partial charge in [0.05, 0.1) is 21.5 Å². The highest BCUT2D eigenvalue weighted by Gasteiger charge is 2.18. The minimum absolute atomic E-state index is 0.0506. The molecular formula is C21H14N2OS. The number of nitrogens with zero attached hydrogens (tertiary/aromatic N) is 2. The molecule has 3 nitrogen and oxygen atoms in total. The van der Waals surface area contributed by atoms with Gasteiger partial charge in [0.25, 0.3) is 0 Å². The monoisotopic (exact) mass is 342 g/mol. The van der Waals surface area contributed by atoms with E-state index in [2.05, 4.69) is 9.97 Å². The third-order valence-electron chi connectivity index (χ3n) is 3.78. The molecule has 0 fully saturated rings. The van der Waals surface area contributed by atoms with Crippen LogP contribution in [0.15, 0.2) is 79.0 Å². The SMILES string of the molecule is O=C(/C(=C/c1ccccn1)c1nc2ccccc2s1)c1ccccc1. The van der Waals surface area contributed by atoms with Crippen LogP contribution < -0.4 is 0 Å². The van der Waals surface area contributed by atoms with Crippen molar-refractivity contribution in [1.29, 1.82) is 0 Å². The highest BCUT2D eigenvalue weighted by Crippen LogP contribution is 2.30. The molecular weight excluding hydrogens is 328 g/mol. The van der Waals surface area contributed by atoms with E-state index in [4.69, 9.17) is 0 Å². The lowest BCUT2D eigenvalue weighted by Gasteiger charge is -2.04. The van der Waals surface area contributed by atoms with Gasteiger partial charge >= 0.3 is 0 Å². The van der Waals surface area contributed by atoms with Gasteiger partial charge in [0.15, 0.2) is 5.78 Å². The number of allylic oxidation sites excluding steroid dienone is 1. The first kappa shape index (κ1) is 15.4. The topological polar surface area (TPSA) is 42.9 Å². The Morgan fingerprint density at radius 1 is 0.880 bits per heavy atom. The molecule has 2 aromatic carbocycles. The summed E-state index contributed by atoms with van der Waals surface area (Å²) in [6.45, 7) is 0. The summed E-state index contributed by atoms with van der Waals surface area (Å²) >= 11 is 1.52. The molecule has 0 atom stereocenters. The van der Waals surface area contributed by atoms with Crippen molar-refractivity contribution in [2.45, 2.75) is 0 Å². The number of rotatable bonds is 4. The Hall–Kier alpha value is -3.11. The van der Waals surface area contributed by atoms with Crippen LogP contribution in [0, 0.1) is 0 Å². The lowest BCUT2D eigenvalue weighted by molar-refractivity contribution is 0.105. The van der Waals surface area contributed by atoms with Gasteiger partial charge in [0.1, 0.15) is 5.01 Å². The van der Waals surface area contributed by atoms with E-state index in [0.29, 0.717) is 16.1 Å². The second-order valence-corrected chi connectivity index (χ2v) is 6.53. The summed E-state index contributed by atoms with van der Waals surface area (Å²) in [6.07, 6.45) is 3.53. The van der Waals surface area contributed by atoms with Gasteiger partial charge in [-0.2, -0.15) is 0 Å². The number of hydrogen-bond acceptors (Lipinski definition) is 4. The molecule has 0 amide bonds. The number of Topliss-reactive ketones (excluding diaryl/α,β-unsaturated/α-hetero) is 1. The minimum Gasteiger partial charge on any atom is -0.288 e. The van der Waals surface area contributed by atoms with Crippen molar-refractivity contribution in [1.82, 2.24) is 9.97 Å². The molecule has 0 saturated heterocycles. The highest BCUT2D eigenvalue weighted by molar-refractivity contribution is 7.20. The molecule has 0 aliphatic rings. The summed E-state index contributed by atoms with van der Waals surface area (Å²) in [5.41, 5.74) is 2.84. The Morgan fingerprint density at radius 2 is 1.64 bits per heavy atom. The van der Waals surface area contributed by atoms with Crippen LogP contribution in [0.2, 0.25) is 0 Å². The number of hydrogen-bond donors (Lipinski definition) is 0. The fourth-order valence-electron chi connectivity index (χ4n) is 2.57. The molecule has 120 valence electrons. The van der Waals surface area contributed by atoms with Crippen LogP contribution in [-0.4, -0.2) is 15.8 Å². The number of carbonyl (C=O) groups excluding carboxylic acids is 1. The Labute approximate surface area is 149 Å². The molecule has 25 heavy (non-hydrogen) atoms. The van der Waals surface area contributed by atoms with Gasteiger partial charge in [-0.3, -0.25) is 9.78 Å². The van der Waals surface area contributed by atoms with Gasteiger partial charge in [-0.15, -0.1) is 11.3 Å². The fraction of sp³-hybridized carbons (Fsp3) is 0. The molecule has 0 saturated carbocycles. The van der Waals surface area contributed by atoms with Gasteiger partial charge in [-0.25, -0.2) is 4.98 Å². The molecule has 0 aliphatic heterocycles. The summed E-state index contributed by atoms with van der Waals surface area (Å²) in [6, 6.07) is 22.8. The van der Waals surface area contributed by atoms with Crippen LogP contribution in [0.1, 0.15) is 21.1 Å². The predicted molar refractivity (Wildman–Crippen MR) is 103 cm³/mol. The highest BCUT2D eigenvalue weighted by atomic mass is 32.1. The van der Waals surface area contributed by atoms with Crippen LogP contribution in [0.4, 0.5) is 0 Å². The molecule has 2 aromatic heterocycles. The molecule has 2 heterocycles. The van der Waals surface area contributed by atoms with Crippen molar-refractivity contribution >= 4 is 39.0 Å². The number of pyridine rings is 1. The van der Waals surface area contributed by atoms with E-state index >= 15 is 0 Å². The summed E-state index contributed by atoms with van der Waals surface area (Å²) in [5.74, 6) is -0.0506. The van der Waals surface area contributed by atoms with E-state index in [0.717, 1.165) is 15.9 Å². The zero-order valence-electron chi connectivity index (χ0n) is 13.3. The van der Waals surface area contributed by atoms with Gasteiger partial charge in [0.2, 0.25) is 0 Å². The van der Waals surface area contributed by atoms with Gasteiger partial charge in [-0.05, 0) is 30.3 Å². The molecule has 0 N–H and O–H groups in total. The van der Waals surface area contributed by atoms with Crippen molar-refractivity contribution in [3.63, 3.8) is 0 Å². The van der Waals surface area contributed by atoms with Crippen LogP contribution >= 0.6 is 11.3 Å². The van der Waals surface area contributed by atoms with E-state index < -0.39 is 0 Å². The van der Waals surface area contributed by atoms with Crippen LogP contribution in [0.3, 0.4) is 0 Å². The van der Waals surface area contributed by atoms with E-state index in [1.54, 1.807) is 6.20 Å². The summed E-state index contributed by atoms with van der Waals surface area (Å²) < 4.78 is 1.06. The molecule has 0 bridgehead atoms. The van der Waals surface area contributed by atoms with Crippen molar-refractivity contribution < 1.29 is 4.79 Å². The predicted octanol–water partition coefficient (Wildman–Crippen LogP) is 5.11. The van der Waals surface area contributed by atoms with Crippen molar-refractivity contribution in [3.05, 3.63) is 95.3 Å². The maximum Gasteiger partial charge on any atom is 0.196 e. The normalized spacial score (nSPS) is 11.6. The summed E-state index contributed by atoms with van der Waals surface area (Å²) in [7, 11) is 0. The van der Waals surface area contributed by atoms with Crippen molar-refractivity contribution in [2.75, 3.05) is 0 Å². The fourth-order valence-corrected chi connectivity index (χ4v) is 3.54. The zero-order chi connectivity index (χ0) is 17.1. The number of aromatic nitrogens is 2. The average Bonchev–Trinajstić information content (AvgIpc) is 3.11. The molecule has 0 radical (unpaired) electrons. The lowest BCUT2D eigenvalue weighted by atomic mass is 10.0. The number of thiazole rings is 1. The zero-order valence-corrected chi connectivity index (χ0v) is 14.1. The molecule has 0 unspecified atom stereocenters.